The lowest BCUT2D eigenvalue weighted by Gasteiger charge is -2.52. The summed E-state index contributed by atoms with van der Waals surface area (Å²) in [6, 6.07) is 95.2. The lowest BCUT2D eigenvalue weighted by molar-refractivity contribution is -0.366. The number of hydrogen-bond acceptors (Lipinski definition) is 13. The van der Waals surface area contributed by atoms with E-state index in [-0.39, 0.29) is 59.5 Å². The highest BCUT2D eigenvalue weighted by molar-refractivity contribution is 5.67. The van der Waals surface area contributed by atoms with E-state index in [9.17, 15) is 0 Å². The van der Waals surface area contributed by atoms with Gasteiger partial charge in [-0.2, -0.15) is 0 Å². The molecule has 12 rings (SSSR count). The fourth-order valence-corrected chi connectivity index (χ4v) is 12.3. The monoisotopic (exact) mass is 1290 g/mol. The summed E-state index contributed by atoms with van der Waals surface area (Å²) in [5.74, 6) is 1.30. The fraction of sp³-hybridized carbons (Fsp3) is 0.277. The molecule has 0 spiro atoms. The summed E-state index contributed by atoms with van der Waals surface area (Å²) in [5.41, 5.74) is 10.6. The number of hydrogen-bond donors (Lipinski definition) is 0. The number of rotatable bonds is 33. The molecule has 0 bridgehead atoms. The van der Waals surface area contributed by atoms with E-state index in [1.54, 1.807) is 14.2 Å². The van der Waals surface area contributed by atoms with Gasteiger partial charge in [0.1, 0.15) is 61.0 Å². The second kappa shape index (κ2) is 35.4. The van der Waals surface area contributed by atoms with E-state index < -0.39 is 67.3 Å². The van der Waals surface area contributed by atoms with E-state index in [4.69, 9.17) is 61.6 Å². The first-order chi connectivity index (χ1) is 47.5. The SMILES string of the molecule is COc1ccc(-c2ccc(COC3[C@H](OCc4ccccc4)[C@H](OCc4ccccc4)C(O[C@H]4O[C@H](COCc5ccccc5)[C@@H](OCc5ccccc5)[C@H](OCc5ccccc5)[C@@H]4OCc4ccccc4)[C@H](OCc4ccccc4)[C@H]3OCc3ccccc3)cc2)cc1OC. The first kappa shape index (κ1) is 67.3. The van der Waals surface area contributed by atoms with Crippen molar-refractivity contribution in [3.8, 4) is 22.6 Å². The summed E-state index contributed by atoms with van der Waals surface area (Å²) in [6.07, 6.45) is -10.0. The van der Waals surface area contributed by atoms with Gasteiger partial charge in [0.2, 0.25) is 0 Å². The van der Waals surface area contributed by atoms with Crippen LogP contribution in [0.3, 0.4) is 0 Å². The van der Waals surface area contributed by atoms with Crippen molar-refractivity contribution < 1.29 is 61.6 Å². The topological polar surface area (TPSA) is 120 Å². The third-order valence-electron chi connectivity index (χ3n) is 17.3. The van der Waals surface area contributed by atoms with Gasteiger partial charge in [0.05, 0.1) is 80.3 Å². The minimum atomic E-state index is -1.20. The highest BCUT2D eigenvalue weighted by Crippen LogP contribution is 2.41. The van der Waals surface area contributed by atoms with Gasteiger partial charge in [-0.15, -0.1) is 0 Å². The van der Waals surface area contributed by atoms with Crippen molar-refractivity contribution in [2.45, 2.75) is 127 Å². The van der Waals surface area contributed by atoms with Gasteiger partial charge in [-0.25, -0.2) is 0 Å². The van der Waals surface area contributed by atoms with Crippen LogP contribution in [0.4, 0.5) is 0 Å². The van der Waals surface area contributed by atoms with E-state index in [0.29, 0.717) is 18.1 Å². The number of ether oxygens (including phenoxy) is 13. The fourth-order valence-electron chi connectivity index (χ4n) is 12.3. The van der Waals surface area contributed by atoms with Crippen molar-refractivity contribution in [2.75, 3.05) is 20.8 Å². The van der Waals surface area contributed by atoms with E-state index >= 15 is 0 Å². The summed E-state index contributed by atoms with van der Waals surface area (Å²) in [4.78, 5) is 0. The Morgan fingerprint density at radius 2 is 0.521 bits per heavy atom. The third kappa shape index (κ3) is 18.7. The van der Waals surface area contributed by atoms with Gasteiger partial charge in [0.15, 0.2) is 17.8 Å². The molecule has 1 saturated carbocycles. The Bertz CT molecular complexity index is 3710. The van der Waals surface area contributed by atoms with Gasteiger partial charge >= 0.3 is 0 Å². The average Bonchev–Trinajstić information content (AvgIpc) is 0.783. The smallest absolute Gasteiger partial charge is 0.187 e. The summed E-state index contributed by atoms with van der Waals surface area (Å²) < 4.78 is 92.5. The highest BCUT2D eigenvalue weighted by atomic mass is 16.7. The molecule has 0 aromatic heterocycles. The van der Waals surface area contributed by atoms with Crippen LogP contribution in [-0.2, 0) is 112 Å². The van der Waals surface area contributed by atoms with Crippen molar-refractivity contribution in [1.29, 1.82) is 0 Å². The molecule has 10 aromatic carbocycles. The molecular formula is C83H84O13. The van der Waals surface area contributed by atoms with Crippen LogP contribution in [-0.4, -0.2) is 88.2 Å². The molecule has 0 amide bonds. The van der Waals surface area contributed by atoms with Crippen molar-refractivity contribution >= 4 is 0 Å². The average molecular weight is 1290 g/mol. The Balaban J connectivity index is 0.990. The number of methoxy groups -OCH3 is 2. The van der Waals surface area contributed by atoms with Crippen molar-refractivity contribution in [3.63, 3.8) is 0 Å². The maximum absolute atomic E-state index is 7.96. The molecule has 11 atom stereocenters. The molecule has 13 nitrogen and oxygen atoms in total. The van der Waals surface area contributed by atoms with Gasteiger partial charge < -0.3 is 61.6 Å². The molecule has 1 aliphatic heterocycles. The van der Waals surface area contributed by atoms with E-state index in [1.165, 1.54) is 0 Å². The summed E-state index contributed by atoms with van der Waals surface area (Å²) in [6.45, 7) is 2.01. The molecule has 96 heavy (non-hydrogen) atoms. The minimum Gasteiger partial charge on any atom is -0.493 e. The Kier molecular flexibility index (Phi) is 24.8. The van der Waals surface area contributed by atoms with Crippen LogP contribution in [0.25, 0.3) is 11.1 Å². The molecule has 1 aliphatic carbocycles. The minimum absolute atomic E-state index is 0.105. The Morgan fingerprint density at radius 3 is 0.854 bits per heavy atom. The van der Waals surface area contributed by atoms with Crippen LogP contribution in [0.15, 0.2) is 285 Å². The van der Waals surface area contributed by atoms with Gasteiger partial charge in [-0.1, -0.05) is 273 Å². The second-order valence-corrected chi connectivity index (χ2v) is 24.0. The summed E-state index contributed by atoms with van der Waals surface area (Å²) in [5, 5.41) is 0. The van der Waals surface area contributed by atoms with Gasteiger partial charge in [-0.05, 0) is 73.3 Å². The van der Waals surface area contributed by atoms with Crippen LogP contribution >= 0.6 is 0 Å². The van der Waals surface area contributed by atoms with Crippen molar-refractivity contribution in [2.24, 2.45) is 0 Å². The molecule has 2 unspecified atom stereocenters. The lowest BCUT2D eigenvalue weighted by Crippen LogP contribution is -2.69. The Labute approximate surface area is 564 Å². The van der Waals surface area contributed by atoms with Crippen LogP contribution < -0.4 is 9.47 Å². The molecule has 2 aliphatic rings. The summed E-state index contributed by atoms with van der Waals surface area (Å²) in [7, 11) is 3.28. The molecule has 1 heterocycles. The van der Waals surface area contributed by atoms with Crippen LogP contribution in [0.2, 0.25) is 0 Å². The molecule has 0 radical (unpaired) electrons. The predicted octanol–water partition coefficient (Wildman–Crippen LogP) is 15.7. The first-order valence-corrected chi connectivity index (χ1v) is 33.0. The van der Waals surface area contributed by atoms with E-state index in [0.717, 1.165) is 61.2 Å². The largest absolute Gasteiger partial charge is 0.493 e. The molecular weight excluding hydrogens is 1200 g/mol. The Morgan fingerprint density at radius 1 is 0.250 bits per heavy atom. The maximum Gasteiger partial charge on any atom is 0.187 e. The van der Waals surface area contributed by atoms with Gasteiger partial charge in [0.25, 0.3) is 0 Å². The molecule has 1 saturated heterocycles. The van der Waals surface area contributed by atoms with Gasteiger partial charge in [0, 0.05) is 0 Å². The van der Waals surface area contributed by atoms with Crippen LogP contribution in [0.5, 0.6) is 11.5 Å². The highest BCUT2D eigenvalue weighted by Gasteiger charge is 2.58. The van der Waals surface area contributed by atoms with Crippen LogP contribution in [0.1, 0.15) is 50.1 Å². The zero-order chi connectivity index (χ0) is 65.4. The Hall–Kier alpha value is -8.64. The summed E-state index contributed by atoms with van der Waals surface area (Å²) >= 11 is 0. The zero-order valence-electron chi connectivity index (χ0n) is 54.4. The normalized spacial score (nSPS) is 21.7. The molecule has 13 heteroatoms. The molecule has 10 aromatic rings. The third-order valence-corrected chi connectivity index (χ3v) is 17.3. The molecule has 494 valence electrons. The maximum atomic E-state index is 7.96. The second-order valence-electron chi connectivity index (χ2n) is 24.0. The van der Waals surface area contributed by atoms with Crippen molar-refractivity contribution in [3.05, 3.63) is 335 Å². The lowest BCUT2D eigenvalue weighted by atomic mass is 9.83. The zero-order valence-corrected chi connectivity index (χ0v) is 54.4. The quantitative estimate of drug-likeness (QED) is 0.0388. The van der Waals surface area contributed by atoms with Crippen molar-refractivity contribution in [1.82, 2.24) is 0 Å². The first-order valence-electron chi connectivity index (χ1n) is 33.0. The van der Waals surface area contributed by atoms with Gasteiger partial charge in [-0.3, -0.25) is 0 Å². The standard InChI is InChI=1S/C83H84O13/c1-84-71-48-47-70(49-72(71)85-2)69-45-43-68(44-46-69)58-91-76-77(89-53-63-33-17-6-18-34-63)79(92-55-65-37-21-8-22-38-65)81(80(93-56-66-39-23-9-24-40-66)78(76)90-54-64-35-19-7-20-36-64)96-83-82(94-57-67-41-25-10-26-42-67)75(88-52-62-31-15-5-16-32-62)74(87-51-61-29-13-4-14-30-61)73(95-83)59-86-50-60-27-11-3-12-28-60/h3-49,73-83H,50-59H2,1-2H3/t73-,74-,75+,76?,77+,78+,79-,80+,81?,82+,83-/m1/s1. The van der Waals surface area contributed by atoms with Crippen LogP contribution in [0, 0.1) is 0 Å². The molecule has 2 fully saturated rings. The van der Waals surface area contributed by atoms with E-state index in [2.05, 4.69) is 97.1 Å². The number of benzene rings is 10. The van der Waals surface area contributed by atoms with E-state index in [1.807, 2.05) is 188 Å². The molecule has 0 N–H and O–H groups in total. The predicted molar refractivity (Wildman–Crippen MR) is 368 cm³/mol.